The Morgan fingerprint density at radius 2 is 1.59 bits per heavy atom. The van der Waals surface area contributed by atoms with Gasteiger partial charge in [0.05, 0.1) is 5.41 Å². The molecule has 0 radical (unpaired) electrons. The molecule has 4 unspecified atom stereocenters. The molecule has 29 heavy (non-hydrogen) atoms. The lowest BCUT2D eigenvalue weighted by molar-refractivity contribution is -0.246. The summed E-state index contributed by atoms with van der Waals surface area (Å²) in [5.74, 6) is 3.82. The largest absolute Gasteiger partial charge is 0.457 e. The number of fused-ring (bicyclic) bond motifs is 1. The third-order valence-corrected chi connectivity index (χ3v) is 10.4. The molecule has 162 valence electrons. The molecule has 6 rings (SSSR count). The molecule has 4 heteroatoms. The third kappa shape index (κ3) is 2.62. The molecule has 0 saturated heterocycles. The van der Waals surface area contributed by atoms with Crippen LogP contribution in [-0.4, -0.2) is 24.1 Å². The second-order valence-corrected chi connectivity index (χ2v) is 12.4. The first-order valence-electron chi connectivity index (χ1n) is 11.9. The van der Waals surface area contributed by atoms with E-state index < -0.39 is 17.0 Å². The zero-order valence-corrected chi connectivity index (χ0v) is 18.9. The predicted molar refractivity (Wildman–Crippen MR) is 110 cm³/mol. The van der Waals surface area contributed by atoms with Gasteiger partial charge in [0, 0.05) is 5.41 Å². The summed E-state index contributed by atoms with van der Waals surface area (Å²) in [5, 5.41) is 0. The lowest BCUT2D eigenvalue weighted by Gasteiger charge is -2.70. The lowest BCUT2D eigenvalue weighted by atomic mass is 9.35. The van der Waals surface area contributed by atoms with Gasteiger partial charge in [0.2, 0.25) is 0 Å². The number of rotatable bonds is 6. The molecule has 6 aliphatic rings. The molecule has 6 aliphatic carbocycles. The van der Waals surface area contributed by atoms with Crippen LogP contribution in [0, 0.1) is 45.8 Å². The Morgan fingerprint density at radius 1 is 0.966 bits per heavy atom. The normalized spacial score (nSPS) is 44.2. The van der Waals surface area contributed by atoms with E-state index in [4.69, 9.17) is 9.47 Å². The van der Waals surface area contributed by atoms with Crippen molar-refractivity contribution in [3.63, 3.8) is 0 Å². The highest BCUT2D eigenvalue weighted by atomic mass is 16.6. The highest BCUT2D eigenvalue weighted by Crippen LogP contribution is 2.81. The zero-order valence-electron chi connectivity index (χ0n) is 18.9. The molecule has 6 saturated carbocycles. The first-order chi connectivity index (χ1) is 13.5. The maximum Gasteiger partial charge on any atom is 0.344 e. The molecule has 0 heterocycles. The van der Waals surface area contributed by atoms with Crippen molar-refractivity contribution in [1.29, 1.82) is 0 Å². The van der Waals surface area contributed by atoms with Crippen LogP contribution >= 0.6 is 0 Å². The monoisotopic (exact) mass is 402 g/mol. The van der Waals surface area contributed by atoms with Gasteiger partial charge < -0.3 is 9.47 Å². The van der Waals surface area contributed by atoms with Crippen LogP contribution in [0.1, 0.15) is 86.0 Å². The molecule has 0 amide bonds. The fourth-order valence-electron chi connectivity index (χ4n) is 8.84. The van der Waals surface area contributed by atoms with Crippen LogP contribution in [-0.2, 0) is 19.1 Å². The summed E-state index contributed by atoms with van der Waals surface area (Å²) in [6.07, 6.45) is 10.2. The third-order valence-electron chi connectivity index (χ3n) is 10.4. The summed E-state index contributed by atoms with van der Waals surface area (Å²) in [6.45, 7) is 9.63. The molecule has 4 atom stereocenters. The van der Waals surface area contributed by atoms with E-state index in [-0.39, 0.29) is 18.0 Å². The molecule has 0 aromatic heterocycles. The summed E-state index contributed by atoms with van der Waals surface area (Å²) < 4.78 is 11.4. The summed E-state index contributed by atoms with van der Waals surface area (Å²) in [7, 11) is 0. The zero-order chi connectivity index (χ0) is 20.8. The van der Waals surface area contributed by atoms with Crippen LogP contribution in [0.4, 0.5) is 0 Å². The molecule has 0 N–H and O–H groups in total. The Labute approximate surface area is 175 Å². The van der Waals surface area contributed by atoms with Crippen LogP contribution in [0.15, 0.2) is 0 Å². The van der Waals surface area contributed by atoms with Crippen molar-refractivity contribution in [1.82, 2.24) is 0 Å². The molecule has 0 aliphatic heterocycles. The van der Waals surface area contributed by atoms with Crippen LogP contribution in [0.25, 0.3) is 0 Å². The molecule has 1 spiro atoms. The fraction of sp³-hybridized carbons (Fsp3) is 0.920. The van der Waals surface area contributed by atoms with Gasteiger partial charge in [-0.25, -0.2) is 4.79 Å². The van der Waals surface area contributed by atoms with Gasteiger partial charge >= 0.3 is 11.9 Å². The van der Waals surface area contributed by atoms with Crippen molar-refractivity contribution >= 4 is 11.9 Å². The number of hydrogen-bond acceptors (Lipinski definition) is 4. The van der Waals surface area contributed by atoms with Crippen molar-refractivity contribution < 1.29 is 19.1 Å². The van der Waals surface area contributed by atoms with Gasteiger partial charge in [0.1, 0.15) is 5.60 Å². The first kappa shape index (κ1) is 19.9. The Morgan fingerprint density at radius 3 is 2.17 bits per heavy atom. The Balaban J connectivity index is 1.30. The molecule has 0 aromatic carbocycles. The molecular formula is C25H38O4. The van der Waals surface area contributed by atoms with Crippen LogP contribution in [0.2, 0.25) is 0 Å². The number of carbonyl (C=O) groups is 2. The smallest absolute Gasteiger partial charge is 0.344 e. The molecule has 5 bridgehead atoms. The predicted octanol–water partition coefficient (Wildman–Crippen LogP) is 5.14. The van der Waals surface area contributed by atoms with Crippen LogP contribution in [0.3, 0.4) is 0 Å². The van der Waals surface area contributed by atoms with E-state index in [0.717, 1.165) is 29.6 Å². The van der Waals surface area contributed by atoms with Gasteiger partial charge in [-0.3, -0.25) is 4.79 Å². The van der Waals surface area contributed by atoms with Crippen LogP contribution in [0.5, 0.6) is 0 Å². The van der Waals surface area contributed by atoms with E-state index in [1.807, 2.05) is 20.8 Å². The maximum absolute atomic E-state index is 12.7. The van der Waals surface area contributed by atoms with Crippen molar-refractivity contribution in [2.75, 3.05) is 6.61 Å². The number of hydrogen-bond donors (Lipinski definition) is 0. The maximum atomic E-state index is 12.7. The standard InChI is InChI=1S/C25H38O4/c1-6-22(2,3)21(27)28-13-20(26)29-23(4,5)24-11-16-9-17(12-24)19-8-15-7-18(16)25(19,10-15)14-24/h15-19H,6-14H2,1-5H3. The van der Waals surface area contributed by atoms with Gasteiger partial charge in [-0.15, -0.1) is 0 Å². The van der Waals surface area contributed by atoms with Crippen molar-refractivity contribution in [2.24, 2.45) is 45.8 Å². The summed E-state index contributed by atoms with van der Waals surface area (Å²) in [4.78, 5) is 24.9. The first-order valence-corrected chi connectivity index (χ1v) is 11.9. The fourth-order valence-corrected chi connectivity index (χ4v) is 8.84. The number of carbonyl (C=O) groups excluding carboxylic acids is 2. The van der Waals surface area contributed by atoms with E-state index in [0.29, 0.717) is 11.8 Å². The minimum Gasteiger partial charge on any atom is -0.457 e. The molecule has 4 nitrogen and oxygen atoms in total. The van der Waals surface area contributed by atoms with Crippen molar-refractivity contribution in [3.8, 4) is 0 Å². The molecule has 6 fully saturated rings. The molecular weight excluding hydrogens is 364 g/mol. The van der Waals surface area contributed by atoms with Gasteiger partial charge in [-0.05, 0) is 114 Å². The highest BCUT2D eigenvalue weighted by Gasteiger charge is 2.74. The lowest BCUT2D eigenvalue weighted by Crippen LogP contribution is -2.65. The molecule has 0 aromatic rings. The number of esters is 2. The van der Waals surface area contributed by atoms with E-state index in [1.54, 1.807) is 0 Å². The summed E-state index contributed by atoms with van der Waals surface area (Å²) in [5.41, 5.74) is -0.405. The van der Waals surface area contributed by atoms with Gasteiger partial charge in [0.25, 0.3) is 0 Å². The highest BCUT2D eigenvalue weighted by molar-refractivity contribution is 5.80. The van der Waals surface area contributed by atoms with Crippen LogP contribution < -0.4 is 0 Å². The minimum atomic E-state index is -0.562. The minimum absolute atomic E-state index is 0.106. The van der Waals surface area contributed by atoms with E-state index in [9.17, 15) is 9.59 Å². The Hall–Kier alpha value is -1.06. The second kappa shape index (κ2) is 6.01. The second-order valence-electron chi connectivity index (χ2n) is 12.4. The van der Waals surface area contributed by atoms with E-state index in [1.165, 1.54) is 44.9 Å². The van der Waals surface area contributed by atoms with Gasteiger partial charge in [0.15, 0.2) is 6.61 Å². The van der Waals surface area contributed by atoms with E-state index >= 15 is 0 Å². The number of ether oxygens (including phenoxy) is 2. The average molecular weight is 403 g/mol. The summed E-state index contributed by atoms with van der Waals surface area (Å²) in [6, 6.07) is 0. The quantitative estimate of drug-likeness (QED) is 0.577. The Bertz CT molecular complexity index is 713. The van der Waals surface area contributed by atoms with Crippen molar-refractivity contribution in [3.05, 3.63) is 0 Å². The van der Waals surface area contributed by atoms with Gasteiger partial charge in [-0.1, -0.05) is 6.92 Å². The van der Waals surface area contributed by atoms with Gasteiger partial charge in [-0.2, -0.15) is 0 Å². The topological polar surface area (TPSA) is 52.6 Å². The van der Waals surface area contributed by atoms with E-state index in [2.05, 4.69) is 13.8 Å². The summed E-state index contributed by atoms with van der Waals surface area (Å²) >= 11 is 0. The SMILES string of the molecule is CCC(C)(C)C(=O)OCC(=O)OC(C)(C)C12CC3CC(C1)C1CC4CC3C1(C4)C2. The average Bonchev–Trinajstić information content (AvgIpc) is 3.20. The van der Waals surface area contributed by atoms with Crippen molar-refractivity contribution in [2.45, 2.75) is 91.6 Å². The Kier molecular flexibility index (Phi) is 4.12.